The van der Waals surface area contributed by atoms with Gasteiger partial charge in [0.25, 0.3) is 0 Å². The van der Waals surface area contributed by atoms with Gasteiger partial charge in [0.1, 0.15) is 11.2 Å². The fourth-order valence-corrected chi connectivity index (χ4v) is 1.32. The molecular weight excluding hydrogens is 412 g/mol. The summed E-state index contributed by atoms with van der Waals surface area (Å²) in [6, 6.07) is 3.23. The Kier molecular flexibility index (Phi) is 9.67. The number of carbonyl (C=O) groups excluding carboxylic acids is 2. The zero-order valence-corrected chi connectivity index (χ0v) is 17.7. The van der Waals surface area contributed by atoms with Crippen LogP contribution in [0.15, 0.2) is 46.1 Å². The highest BCUT2D eigenvalue weighted by Gasteiger charge is 2.27. The van der Waals surface area contributed by atoms with E-state index in [1.54, 1.807) is 53.7 Å². The molecule has 0 aromatic carbocycles. The second kappa shape index (κ2) is 10.7. The number of aromatic nitrogens is 2. The molecule has 2 heterocycles. The fourth-order valence-electron chi connectivity index (χ4n) is 1.32. The van der Waals surface area contributed by atoms with Gasteiger partial charge in [0.2, 0.25) is 12.4 Å². The standard InChI is InChI=1S/2C8H12NO3.H2O4S/c2*1-8(2,3)12-7(10)9-5-4-6-11-9;1-5(2,3)4/h2*4-6H,1-3H3;(H2,1,2,3,4)/q2*+1;/p-2. The molecule has 0 bridgehead atoms. The molecule has 2 aromatic heterocycles. The largest absolute Gasteiger partial charge is 0.759 e. The summed E-state index contributed by atoms with van der Waals surface area (Å²) in [5.41, 5.74) is -0.978. The van der Waals surface area contributed by atoms with Crippen molar-refractivity contribution in [3.63, 3.8) is 0 Å². The van der Waals surface area contributed by atoms with Crippen LogP contribution in [0.2, 0.25) is 0 Å². The maximum absolute atomic E-state index is 11.2. The Morgan fingerprint density at radius 3 is 1.24 bits per heavy atom. The summed E-state index contributed by atoms with van der Waals surface area (Å²) in [7, 11) is -5.17. The highest BCUT2D eigenvalue weighted by atomic mass is 32.3. The average Bonchev–Trinajstić information content (AvgIpc) is 3.17. The Morgan fingerprint density at radius 2 is 1.07 bits per heavy atom. The lowest BCUT2D eigenvalue weighted by atomic mass is 10.2. The van der Waals surface area contributed by atoms with Gasteiger partial charge in [-0.15, -0.1) is 0 Å². The lowest BCUT2D eigenvalue weighted by Gasteiger charge is -2.14. The molecule has 0 aliphatic carbocycles. The van der Waals surface area contributed by atoms with Crippen LogP contribution in [0.4, 0.5) is 9.59 Å². The third kappa shape index (κ3) is 15.9. The first-order valence-corrected chi connectivity index (χ1v) is 9.36. The van der Waals surface area contributed by atoms with Gasteiger partial charge in [-0.05, 0) is 41.5 Å². The van der Waals surface area contributed by atoms with E-state index in [-0.39, 0.29) is 0 Å². The van der Waals surface area contributed by atoms with E-state index in [0.29, 0.717) is 0 Å². The molecule has 2 aromatic rings. The minimum Gasteiger partial charge on any atom is -0.759 e. The molecule has 12 nitrogen and oxygen atoms in total. The number of hydrogen-bond acceptors (Lipinski definition) is 10. The SMILES string of the molecule is CC(C)(C)OC(=O)[n+]1ccco1.CC(C)(C)OC(=O)[n+]1ccco1.O=S(=O)([O-])[O-]. The Labute approximate surface area is 168 Å². The van der Waals surface area contributed by atoms with E-state index >= 15 is 0 Å². The van der Waals surface area contributed by atoms with Crippen LogP contribution in [0.3, 0.4) is 0 Å². The second-order valence-corrected chi connectivity index (χ2v) is 8.00. The lowest BCUT2D eigenvalue weighted by Crippen LogP contribution is -2.44. The third-order valence-corrected chi connectivity index (χ3v) is 2.10. The third-order valence-electron chi connectivity index (χ3n) is 2.10. The van der Waals surface area contributed by atoms with E-state index in [9.17, 15) is 9.59 Å². The first-order valence-electron chi connectivity index (χ1n) is 8.02. The fraction of sp³-hybridized carbons (Fsp3) is 0.500. The van der Waals surface area contributed by atoms with E-state index in [1.807, 2.05) is 0 Å². The molecule has 164 valence electrons. The van der Waals surface area contributed by atoms with Gasteiger partial charge in [-0.25, -0.2) is 9.05 Å². The molecule has 0 N–H and O–H groups in total. The second-order valence-electron chi connectivity index (χ2n) is 7.19. The van der Waals surface area contributed by atoms with Crippen LogP contribution in [0.25, 0.3) is 0 Å². The van der Waals surface area contributed by atoms with Crippen molar-refractivity contribution in [3.8, 4) is 0 Å². The molecule has 0 aliphatic heterocycles. The van der Waals surface area contributed by atoms with Gasteiger partial charge >= 0.3 is 12.2 Å². The van der Waals surface area contributed by atoms with Crippen LogP contribution < -0.4 is 9.48 Å². The van der Waals surface area contributed by atoms with Gasteiger partial charge in [-0.1, -0.05) is 0 Å². The van der Waals surface area contributed by atoms with Crippen LogP contribution in [0, 0.1) is 0 Å². The maximum Gasteiger partial charge on any atom is 0.647 e. The van der Waals surface area contributed by atoms with Crippen molar-refractivity contribution in [3.05, 3.63) is 37.1 Å². The molecule has 2 rings (SSSR count). The van der Waals surface area contributed by atoms with Crippen LogP contribution >= 0.6 is 0 Å². The zero-order chi connectivity index (χ0) is 22.9. The van der Waals surface area contributed by atoms with E-state index < -0.39 is 33.8 Å². The van der Waals surface area contributed by atoms with Crippen molar-refractivity contribution in [2.24, 2.45) is 0 Å². The van der Waals surface area contributed by atoms with Crippen molar-refractivity contribution < 1.29 is 55.1 Å². The van der Waals surface area contributed by atoms with Gasteiger partial charge in [0.05, 0.1) is 9.48 Å². The number of rotatable bonds is 0. The van der Waals surface area contributed by atoms with Crippen molar-refractivity contribution in [1.82, 2.24) is 0 Å². The highest BCUT2D eigenvalue weighted by molar-refractivity contribution is 7.79. The van der Waals surface area contributed by atoms with Gasteiger partial charge in [0, 0.05) is 22.5 Å². The van der Waals surface area contributed by atoms with E-state index in [1.165, 1.54) is 24.9 Å². The number of carbonyl (C=O) groups is 2. The quantitative estimate of drug-likeness (QED) is 0.334. The summed E-state index contributed by atoms with van der Waals surface area (Å²) in [5, 5.41) is 0. The van der Waals surface area contributed by atoms with Gasteiger partial charge < -0.3 is 18.6 Å². The van der Waals surface area contributed by atoms with E-state index in [2.05, 4.69) is 0 Å². The molecule has 0 amide bonds. The summed E-state index contributed by atoms with van der Waals surface area (Å²) in [4.78, 5) is 22.3. The first-order chi connectivity index (χ1) is 13.0. The Balaban J connectivity index is 0.000000442. The summed E-state index contributed by atoms with van der Waals surface area (Å²) in [5.74, 6) is 0. The summed E-state index contributed by atoms with van der Waals surface area (Å²) >= 11 is 0. The lowest BCUT2D eigenvalue weighted by molar-refractivity contribution is -0.772. The molecule has 0 atom stereocenters. The molecule has 0 unspecified atom stereocenters. The number of ether oxygens (including phenoxy) is 2. The summed E-state index contributed by atoms with van der Waals surface area (Å²) < 4.78 is 55.7. The zero-order valence-electron chi connectivity index (χ0n) is 16.8. The smallest absolute Gasteiger partial charge is 0.647 e. The van der Waals surface area contributed by atoms with Gasteiger partial charge in [0.15, 0.2) is 12.5 Å². The molecule has 29 heavy (non-hydrogen) atoms. The predicted molar refractivity (Wildman–Crippen MR) is 91.5 cm³/mol. The number of nitrogens with zero attached hydrogens (tertiary/aromatic N) is 2. The summed E-state index contributed by atoms with van der Waals surface area (Å²) in [6.07, 6.45) is 4.79. The topological polar surface area (TPSA) is 167 Å². The van der Waals surface area contributed by atoms with Crippen LogP contribution in [-0.2, 0) is 19.9 Å². The van der Waals surface area contributed by atoms with Crippen LogP contribution in [0.5, 0.6) is 0 Å². The summed E-state index contributed by atoms with van der Waals surface area (Å²) in [6.45, 7) is 10.8. The normalized spacial score (nSPS) is 11.3. The Hall–Kier alpha value is -2.77. The van der Waals surface area contributed by atoms with Crippen molar-refractivity contribution >= 4 is 22.6 Å². The molecule has 0 saturated heterocycles. The molecule has 0 radical (unpaired) electrons. The maximum atomic E-state index is 11.2. The van der Waals surface area contributed by atoms with E-state index in [0.717, 1.165) is 9.48 Å². The number of hydrogen-bond donors (Lipinski definition) is 0. The molecule has 0 spiro atoms. The van der Waals surface area contributed by atoms with Gasteiger partial charge in [-0.3, -0.25) is 8.42 Å². The average molecular weight is 436 g/mol. The van der Waals surface area contributed by atoms with Crippen LogP contribution in [-0.4, -0.2) is 40.9 Å². The van der Waals surface area contributed by atoms with Crippen molar-refractivity contribution in [2.45, 2.75) is 52.7 Å². The first kappa shape index (κ1) is 26.2. The minimum absolute atomic E-state index is 0.489. The van der Waals surface area contributed by atoms with Crippen LogP contribution in [0.1, 0.15) is 41.5 Å². The van der Waals surface area contributed by atoms with Crippen molar-refractivity contribution in [2.75, 3.05) is 0 Å². The molecule has 0 fully saturated rings. The minimum atomic E-state index is -5.17. The molecule has 13 heteroatoms. The molecule has 0 aliphatic rings. The molecule has 0 saturated carbocycles. The Morgan fingerprint density at radius 1 is 0.793 bits per heavy atom. The van der Waals surface area contributed by atoms with Crippen molar-refractivity contribution in [1.29, 1.82) is 0 Å². The Bertz CT molecular complexity index is 778. The predicted octanol–water partition coefficient (Wildman–Crippen LogP) is 1.36. The monoisotopic (exact) mass is 436 g/mol. The molecular formula is C16H24N2O10S. The van der Waals surface area contributed by atoms with E-state index in [4.69, 9.17) is 36.0 Å². The highest BCUT2D eigenvalue weighted by Crippen LogP contribution is 2.06. The van der Waals surface area contributed by atoms with Gasteiger partial charge in [-0.2, -0.15) is 9.59 Å².